The highest BCUT2D eigenvalue weighted by Crippen LogP contribution is 2.23. The van der Waals surface area contributed by atoms with E-state index in [0.29, 0.717) is 6.61 Å². The van der Waals surface area contributed by atoms with Gasteiger partial charge >= 0.3 is 6.03 Å². The van der Waals surface area contributed by atoms with E-state index >= 15 is 0 Å². The number of rotatable bonds is 6. The van der Waals surface area contributed by atoms with E-state index < -0.39 is 0 Å². The Kier molecular flexibility index (Phi) is 6.07. The lowest BCUT2D eigenvalue weighted by atomic mass is 10.0. The van der Waals surface area contributed by atoms with Gasteiger partial charge in [-0.1, -0.05) is 18.2 Å². The average molecular weight is 305 g/mol. The fourth-order valence-electron chi connectivity index (χ4n) is 2.67. The number of para-hydroxylation sites is 1. The van der Waals surface area contributed by atoms with Crippen molar-refractivity contribution >= 4 is 6.03 Å². The van der Waals surface area contributed by atoms with E-state index in [4.69, 9.17) is 4.74 Å². The highest BCUT2D eigenvalue weighted by Gasteiger charge is 2.22. The van der Waals surface area contributed by atoms with Crippen molar-refractivity contribution in [3.05, 3.63) is 29.8 Å². The molecule has 0 aromatic heterocycles. The highest BCUT2D eigenvalue weighted by molar-refractivity contribution is 5.74. The second-order valence-electron chi connectivity index (χ2n) is 6.01. The van der Waals surface area contributed by atoms with Crippen LogP contribution in [0.2, 0.25) is 0 Å². The first-order chi connectivity index (χ1) is 10.6. The summed E-state index contributed by atoms with van der Waals surface area (Å²) in [6, 6.07) is 8.07. The zero-order chi connectivity index (χ0) is 15.9. The highest BCUT2D eigenvalue weighted by atomic mass is 16.5. The molecule has 0 radical (unpaired) electrons. The third-order valence-corrected chi connectivity index (χ3v) is 3.91. The predicted molar refractivity (Wildman–Crippen MR) is 88.4 cm³/mol. The van der Waals surface area contributed by atoms with Crippen LogP contribution in [0.1, 0.15) is 18.9 Å². The van der Waals surface area contributed by atoms with Crippen LogP contribution < -0.4 is 10.1 Å². The van der Waals surface area contributed by atoms with Gasteiger partial charge in [-0.2, -0.15) is 0 Å². The minimum Gasteiger partial charge on any atom is -0.491 e. The second-order valence-corrected chi connectivity index (χ2v) is 6.01. The molecule has 0 fully saturated rings. The Morgan fingerprint density at radius 2 is 2.09 bits per heavy atom. The molecule has 22 heavy (non-hydrogen) atoms. The molecule has 2 amide bonds. The number of carbonyl (C=O) groups is 1. The molecule has 1 atom stereocenters. The van der Waals surface area contributed by atoms with Crippen molar-refractivity contribution in [2.75, 3.05) is 40.3 Å². The van der Waals surface area contributed by atoms with Crippen LogP contribution in [0.25, 0.3) is 0 Å². The van der Waals surface area contributed by atoms with E-state index in [-0.39, 0.29) is 12.1 Å². The van der Waals surface area contributed by atoms with Gasteiger partial charge in [0.25, 0.3) is 0 Å². The smallest absolute Gasteiger partial charge is 0.317 e. The quantitative estimate of drug-likeness (QED) is 0.874. The molecule has 0 saturated carbocycles. The van der Waals surface area contributed by atoms with Gasteiger partial charge in [-0.15, -0.1) is 0 Å². The average Bonchev–Trinajstić information content (AvgIpc) is 2.51. The van der Waals surface area contributed by atoms with E-state index in [2.05, 4.69) is 16.3 Å². The fraction of sp³-hybridized carbons (Fsp3) is 0.588. The minimum atomic E-state index is 0.00855. The van der Waals surface area contributed by atoms with E-state index in [0.717, 1.165) is 43.8 Å². The largest absolute Gasteiger partial charge is 0.491 e. The number of benzene rings is 1. The maximum absolute atomic E-state index is 12.4. The lowest BCUT2D eigenvalue weighted by Crippen LogP contribution is -2.49. The van der Waals surface area contributed by atoms with Crippen molar-refractivity contribution in [2.24, 2.45) is 0 Å². The summed E-state index contributed by atoms with van der Waals surface area (Å²) in [6.07, 6.45) is 1.81. The van der Waals surface area contributed by atoms with Gasteiger partial charge in [-0.05, 0) is 52.0 Å². The molecule has 1 aliphatic heterocycles. The molecule has 5 nitrogen and oxygen atoms in total. The molecule has 5 heteroatoms. The predicted octanol–water partition coefficient (Wildman–Crippen LogP) is 1.97. The molecule has 1 N–H and O–H groups in total. The van der Waals surface area contributed by atoms with Crippen LogP contribution in [-0.4, -0.2) is 62.2 Å². The van der Waals surface area contributed by atoms with Gasteiger partial charge in [0.1, 0.15) is 12.4 Å². The Morgan fingerprint density at radius 3 is 2.82 bits per heavy atom. The molecule has 1 aromatic rings. The zero-order valence-electron chi connectivity index (χ0n) is 13.8. The summed E-state index contributed by atoms with van der Waals surface area (Å²) < 4.78 is 5.72. The molecular weight excluding hydrogens is 278 g/mol. The van der Waals surface area contributed by atoms with Crippen LogP contribution >= 0.6 is 0 Å². The minimum absolute atomic E-state index is 0.00855. The first kappa shape index (κ1) is 16.6. The Hall–Kier alpha value is -1.75. The monoisotopic (exact) mass is 305 g/mol. The van der Waals surface area contributed by atoms with Gasteiger partial charge in [0.15, 0.2) is 0 Å². The number of ether oxygens (including phenoxy) is 1. The summed E-state index contributed by atoms with van der Waals surface area (Å²) >= 11 is 0. The molecule has 1 heterocycles. The normalized spacial score (nSPS) is 16.8. The standard InChI is InChI=1S/C17H27N3O2/c1-4-20(11-7-10-19(2)3)17(21)18-15-12-14-8-5-6-9-16(14)22-13-15/h5-6,8-9,15H,4,7,10-13H2,1-3H3,(H,18,21)/t15-/m1/s1. The number of carbonyl (C=O) groups excluding carboxylic acids is 1. The number of fused-ring (bicyclic) bond motifs is 1. The number of amides is 2. The molecular formula is C17H27N3O2. The van der Waals surface area contributed by atoms with Crippen molar-refractivity contribution in [3.63, 3.8) is 0 Å². The topological polar surface area (TPSA) is 44.8 Å². The third kappa shape index (κ3) is 4.63. The fourth-order valence-corrected chi connectivity index (χ4v) is 2.67. The molecule has 1 aromatic carbocycles. The van der Waals surface area contributed by atoms with E-state index in [1.807, 2.05) is 44.1 Å². The third-order valence-electron chi connectivity index (χ3n) is 3.91. The van der Waals surface area contributed by atoms with Crippen LogP contribution in [0, 0.1) is 0 Å². The van der Waals surface area contributed by atoms with Gasteiger partial charge in [0.05, 0.1) is 6.04 Å². The first-order valence-electron chi connectivity index (χ1n) is 8.01. The van der Waals surface area contributed by atoms with E-state index in [9.17, 15) is 4.79 Å². The molecule has 0 unspecified atom stereocenters. The van der Waals surface area contributed by atoms with Gasteiger partial charge in [-0.25, -0.2) is 4.79 Å². The summed E-state index contributed by atoms with van der Waals surface area (Å²) in [4.78, 5) is 16.4. The van der Waals surface area contributed by atoms with Gasteiger partial charge < -0.3 is 19.9 Å². The maximum Gasteiger partial charge on any atom is 0.317 e. The Morgan fingerprint density at radius 1 is 1.32 bits per heavy atom. The number of hydrogen-bond donors (Lipinski definition) is 1. The molecule has 0 bridgehead atoms. The van der Waals surface area contributed by atoms with Crippen LogP contribution in [-0.2, 0) is 6.42 Å². The SMILES string of the molecule is CCN(CCCN(C)C)C(=O)N[C@H]1COc2ccccc2C1. The maximum atomic E-state index is 12.4. The zero-order valence-corrected chi connectivity index (χ0v) is 13.8. The van der Waals surface area contributed by atoms with Gasteiger partial charge in [0, 0.05) is 13.1 Å². The number of hydrogen-bond acceptors (Lipinski definition) is 3. The molecule has 0 saturated heterocycles. The van der Waals surface area contributed by atoms with Gasteiger partial charge in [0.2, 0.25) is 0 Å². The van der Waals surface area contributed by atoms with Crippen LogP contribution in [0.15, 0.2) is 24.3 Å². The van der Waals surface area contributed by atoms with Crippen LogP contribution in [0.4, 0.5) is 4.79 Å². The molecule has 0 aliphatic carbocycles. The lowest BCUT2D eigenvalue weighted by molar-refractivity contribution is 0.180. The molecule has 0 spiro atoms. The Balaban J connectivity index is 1.83. The molecule has 122 valence electrons. The summed E-state index contributed by atoms with van der Waals surface area (Å²) in [5.41, 5.74) is 1.16. The van der Waals surface area contributed by atoms with Crippen LogP contribution in [0.3, 0.4) is 0 Å². The van der Waals surface area contributed by atoms with Crippen molar-refractivity contribution in [1.29, 1.82) is 0 Å². The van der Waals surface area contributed by atoms with Crippen molar-refractivity contribution in [3.8, 4) is 5.75 Å². The lowest BCUT2D eigenvalue weighted by Gasteiger charge is -2.29. The summed E-state index contributed by atoms with van der Waals surface area (Å²) in [5.74, 6) is 0.936. The van der Waals surface area contributed by atoms with Crippen LogP contribution in [0.5, 0.6) is 5.75 Å². The van der Waals surface area contributed by atoms with E-state index in [1.165, 1.54) is 0 Å². The van der Waals surface area contributed by atoms with Crippen molar-refractivity contribution in [2.45, 2.75) is 25.8 Å². The number of urea groups is 1. The van der Waals surface area contributed by atoms with Gasteiger partial charge in [-0.3, -0.25) is 0 Å². The number of nitrogens with one attached hydrogen (secondary N) is 1. The van der Waals surface area contributed by atoms with E-state index in [1.54, 1.807) is 0 Å². The number of nitrogens with zero attached hydrogens (tertiary/aromatic N) is 2. The first-order valence-corrected chi connectivity index (χ1v) is 8.01. The Labute approximate surface area is 133 Å². The molecule has 2 rings (SSSR count). The summed E-state index contributed by atoms with van der Waals surface area (Å²) in [7, 11) is 4.10. The van der Waals surface area contributed by atoms with Crippen molar-refractivity contribution in [1.82, 2.24) is 15.1 Å². The summed E-state index contributed by atoms with van der Waals surface area (Å²) in [5, 5.41) is 3.10. The molecule has 1 aliphatic rings. The summed E-state index contributed by atoms with van der Waals surface area (Å²) in [6.45, 7) is 5.05. The Bertz CT molecular complexity index is 491. The second kappa shape index (κ2) is 8.03. The van der Waals surface area contributed by atoms with Crippen molar-refractivity contribution < 1.29 is 9.53 Å².